The smallest absolute Gasteiger partial charge is 0.405 e. The fraction of sp³-hybridized carbons (Fsp3) is 0.0476. The fourth-order valence-corrected chi connectivity index (χ4v) is 6.40. The summed E-state index contributed by atoms with van der Waals surface area (Å²) in [7, 11) is 0. The molecule has 0 fully saturated rings. The second-order valence-electron chi connectivity index (χ2n) is 11.8. The molecule has 7 rings (SSSR count). The van der Waals surface area contributed by atoms with Crippen LogP contribution in [0.1, 0.15) is 16.7 Å². The molecule has 6 aromatic carbocycles. The molecule has 0 spiro atoms. The molecule has 0 aromatic heterocycles. The second kappa shape index (κ2) is 12.5. The minimum atomic E-state index is -5.02. The van der Waals surface area contributed by atoms with Crippen LogP contribution in [0.5, 0.6) is 5.75 Å². The topological polar surface area (TPSA) is 37.4 Å². The molecule has 0 N–H and O–H groups in total. The van der Waals surface area contributed by atoms with Crippen molar-refractivity contribution in [2.24, 2.45) is 0 Å². The van der Waals surface area contributed by atoms with E-state index in [1.807, 2.05) is 49.4 Å². The maximum atomic E-state index is 13.8. The van der Waals surface area contributed by atoms with Gasteiger partial charge in [0.1, 0.15) is 17.4 Å². The summed E-state index contributed by atoms with van der Waals surface area (Å²) in [5, 5.41) is 9.92. The van der Waals surface area contributed by atoms with E-state index in [9.17, 15) is 27.2 Å². The van der Waals surface area contributed by atoms with E-state index >= 15 is 0 Å². The van der Waals surface area contributed by atoms with E-state index in [1.54, 1.807) is 54.6 Å². The summed E-state index contributed by atoms with van der Waals surface area (Å²) in [4.78, 5) is 3.43. The highest BCUT2D eigenvalue weighted by Gasteiger charge is 2.35. The molecular weight excluding hydrogens is 643 g/mol. The van der Waals surface area contributed by atoms with Crippen molar-refractivity contribution < 1.29 is 26.7 Å². The zero-order valence-corrected chi connectivity index (χ0v) is 26.2. The van der Waals surface area contributed by atoms with Gasteiger partial charge in [0.15, 0.2) is 0 Å². The lowest BCUT2D eigenvalue weighted by Crippen LogP contribution is -2.17. The Morgan fingerprint density at radius 2 is 0.980 bits per heavy atom. The number of allylic oxidation sites excluding steroid dienone is 1. The quantitative estimate of drug-likeness (QED) is 0.104. The molecule has 0 amide bonds. The van der Waals surface area contributed by atoms with Gasteiger partial charge in [-0.2, -0.15) is 0 Å². The number of aryl methyl sites for hydroxylation is 1. The summed E-state index contributed by atoms with van der Waals surface area (Å²) in [5.74, 6) is -1.19. The lowest BCUT2D eigenvalue weighted by Gasteiger charge is -2.17. The van der Waals surface area contributed by atoms with Gasteiger partial charge in [0.05, 0.1) is 12.6 Å². The third-order valence-electron chi connectivity index (χ3n) is 8.74. The second-order valence-corrected chi connectivity index (χ2v) is 11.8. The van der Waals surface area contributed by atoms with E-state index in [4.69, 9.17) is 6.57 Å². The Labute approximate surface area is 284 Å². The van der Waals surface area contributed by atoms with Crippen molar-refractivity contribution in [1.29, 1.82) is 5.26 Å². The van der Waals surface area contributed by atoms with E-state index in [0.29, 0.717) is 22.3 Å². The molecule has 0 bridgehead atoms. The molecule has 242 valence electrons. The molecule has 0 aliphatic heterocycles. The highest BCUT2D eigenvalue weighted by atomic mass is 19.4. The number of rotatable bonds is 5. The van der Waals surface area contributed by atoms with Crippen LogP contribution in [0.2, 0.25) is 0 Å². The van der Waals surface area contributed by atoms with Crippen molar-refractivity contribution in [2.75, 3.05) is 0 Å². The van der Waals surface area contributed by atoms with Crippen molar-refractivity contribution in [1.82, 2.24) is 0 Å². The van der Waals surface area contributed by atoms with Crippen molar-refractivity contribution in [2.45, 2.75) is 13.3 Å². The number of halogens is 5. The van der Waals surface area contributed by atoms with Gasteiger partial charge in [-0.25, -0.2) is 18.9 Å². The third kappa shape index (κ3) is 6.00. The van der Waals surface area contributed by atoms with Crippen molar-refractivity contribution in [3.05, 3.63) is 167 Å². The SMILES string of the molecule is [C-]#[N+]/C(C#N)=C1\c2cc(C)c(-c3ccc(-c4ccc(F)cc4)cc3)cc2-c2cc(-c3ccc(-c4ccc(F)cc4)cc3)c(OC(F)(F)F)cc21. The summed E-state index contributed by atoms with van der Waals surface area (Å²) in [6.07, 6.45) is -5.02. The van der Waals surface area contributed by atoms with Gasteiger partial charge in [-0.1, -0.05) is 78.9 Å². The molecule has 1 aliphatic carbocycles. The van der Waals surface area contributed by atoms with Gasteiger partial charge in [-0.15, -0.1) is 13.2 Å². The Bertz CT molecular complexity index is 2380. The van der Waals surface area contributed by atoms with Crippen molar-refractivity contribution in [3.8, 4) is 67.5 Å². The van der Waals surface area contributed by atoms with Crippen LogP contribution in [-0.4, -0.2) is 6.36 Å². The number of alkyl halides is 3. The molecule has 1 aliphatic rings. The molecule has 0 unspecified atom stereocenters. The Morgan fingerprint density at radius 3 is 1.42 bits per heavy atom. The van der Waals surface area contributed by atoms with E-state index in [1.165, 1.54) is 30.3 Å². The summed E-state index contributed by atoms with van der Waals surface area (Å²) in [6, 6.07) is 35.1. The molecule has 0 heterocycles. The number of benzene rings is 6. The largest absolute Gasteiger partial charge is 0.573 e. The first-order valence-electron chi connectivity index (χ1n) is 15.4. The van der Waals surface area contributed by atoms with Gasteiger partial charge >= 0.3 is 6.36 Å². The summed E-state index contributed by atoms with van der Waals surface area (Å²) < 4.78 is 73.0. The van der Waals surface area contributed by atoms with Gasteiger partial charge < -0.3 is 4.74 Å². The first-order chi connectivity index (χ1) is 24.0. The van der Waals surface area contributed by atoms with E-state index < -0.39 is 12.1 Å². The molecule has 50 heavy (non-hydrogen) atoms. The number of fused-ring (bicyclic) bond motifs is 3. The molecular formula is C42H23F5N2O. The van der Waals surface area contributed by atoms with E-state index in [0.717, 1.165) is 38.9 Å². The average Bonchev–Trinajstić information content (AvgIpc) is 3.40. The molecule has 0 saturated carbocycles. The predicted octanol–water partition coefficient (Wildman–Crippen LogP) is 12.0. The zero-order chi connectivity index (χ0) is 35.2. The minimum absolute atomic E-state index is 0.158. The van der Waals surface area contributed by atoms with Gasteiger partial charge in [-0.3, -0.25) is 0 Å². The first kappa shape index (κ1) is 32.1. The normalized spacial score (nSPS) is 12.8. The molecule has 0 radical (unpaired) electrons. The van der Waals surface area contributed by atoms with E-state index in [-0.39, 0.29) is 34.0 Å². The highest BCUT2D eigenvalue weighted by Crippen LogP contribution is 2.52. The Balaban J connectivity index is 1.39. The number of nitriles is 1. The minimum Gasteiger partial charge on any atom is -0.405 e. The number of hydrogen-bond donors (Lipinski definition) is 0. The van der Waals surface area contributed by atoms with Crippen LogP contribution in [-0.2, 0) is 0 Å². The number of ether oxygens (including phenoxy) is 1. The fourth-order valence-electron chi connectivity index (χ4n) is 6.40. The molecule has 0 atom stereocenters. The van der Waals surface area contributed by atoms with Crippen molar-refractivity contribution >= 4 is 5.57 Å². The van der Waals surface area contributed by atoms with E-state index in [2.05, 4.69) is 9.58 Å². The monoisotopic (exact) mass is 666 g/mol. The number of nitrogens with zero attached hydrogens (tertiary/aromatic N) is 2. The summed E-state index contributed by atoms with van der Waals surface area (Å²) in [6.45, 7) is 9.60. The third-order valence-corrected chi connectivity index (χ3v) is 8.74. The summed E-state index contributed by atoms with van der Waals surface area (Å²) in [5.41, 5.74) is 8.38. The molecule has 6 aromatic rings. The molecule has 0 saturated heterocycles. The van der Waals surface area contributed by atoms with Crippen LogP contribution in [0.25, 0.3) is 66.1 Å². The number of hydrogen-bond acceptors (Lipinski definition) is 2. The van der Waals surface area contributed by atoms with Crippen LogP contribution < -0.4 is 4.74 Å². The Hall–Kier alpha value is -6.51. The van der Waals surface area contributed by atoms with Crippen LogP contribution >= 0.6 is 0 Å². The Kier molecular flexibility index (Phi) is 8.02. The summed E-state index contributed by atoms with van der Waals surface area (Å²) >= 11 is 0. The maximum Gasteiger partial charge on any atom is 0.573 e. The van der Waals surface area contributed by atoms with Crippen LogP contribution in [0, 0.1) is 36.5 Å². The van der Waals surface area contributed by atoms with Crippen molar-refractivity contribution in [3.63, 3.8) is 0 Å². The first-order valence-corrected chi connectivity index (χ1v) is 15.4. The van der Waals surface area contributed by atoms with Gasteiger partial charge in [0, 0.05) is 11.1 Å². The lowest BCUT2D eigenvalue weighted by atomic mass is 9.92. The Morgan fingerprint density at radius 1 is 0.580 bits per heavy atom. The predicted molar refractivity (Wildman–Crippen MR) is 183 cm³/mol. The van der Waals surface area contributed by atoms with Gasteiger partial charge in [0.2, 0.25) is 0 Å². The maximum absolute atomic E-state index is 13.8. The van der Waals surface area contributed by atoms with Crippen LogP contribution in [0.3, 0.4) is 0 Å². The molecule has 8 heteroatoms. The van der Waals surface area contributed by atoms with Gasteiger partial charge in [0.25, 0.3) is 5.70 Å². The van der Waals surface area contributed by atoms with Crippen LogP contribution in [0.4, 0.5) is 22.0 Å². The molecule has 3 nitrogen and oxygen atoms in total. The van der Waals surface area contributed by atoms with Gasteiger partial charge in [-0.05, 0) is 116 Å². The van der Waals surface area contributed by atoms with Crippen LogP contribution in [0.15, 0.2) is 127 Å². The standard InChI is InChI=1S/C42H23F5N2O/c1-24-19-37-35(20-33(24)29-7-3-25(4-8-29)27-11-15-31(43)16-12-27)36-21-34(30-9-5-26(6-10-30)28-13-17-32(44)18-14-28)40(50-42(45,46)47)22-38(36)41(37)39(23-48)49-2/h3-22H,1H3/b41-39+. The zero-order valence-electron chi connectivity index (χ0n) is 26.2. The average molecular weight is 667 g/mol. The lowest BCUT2D eigenvalue weighted by molar-refractivity contribution is -0.274. The highest BCUT2D eigenvalue weighted by molar-refractivity contribution is 6.06.